The number of aliphatic carboxylic acids is 1. The number of benzene rings is 2. The molecule has 3 N–H and O–H groups in total. The highest BCUT2D eigenvalue weighted by molar-refractivity contribution is 5.68. The summed E-state index contributed by atoms with van der Waals surface area (Å²) in [5.74, 6) is -0.570. The summed E-state index contributed by atoms with van der Waals surface area (Å²) in [6.07, 6.45) is 0.919. The van der Waals surface area contributed by atoms with Crippen LogP contribution in [0, 0.1) is 5.92 Å². The number of aliphatic hydroxyl groups is 1. The molecule has 172 valence electrons. The Hall–Kier alpha value is -2.37. The molecule has 5 heteroatoms. The van der Waals surface area contributed by atoms with Gasteiger partial charge >= 0.3 is 5.97 Å². The van der Waals surface area contributed by atoms with E-state index in [1.54, 1.807) is 26.0 Å². The Labute approximate surface area is 187 Å². The van der Waals surface area contributed by atoms with Crippen molar-refractivity contribution in [3.8, 4) is 5.75 Å². The first-order valence-corrected chi connectivity index (χ1v) is 11.0. The molecular weight excluding hydrogens is 390 g/mol. The molecule has 0 bridgehead atoms. The topological polar surface area (TPSA) is 81.0 Å². The van der Waals surface area contributed by atoms with Gasteiger partial charge in [0.1, 0.15) is 5.75 Å². The molecule has 5 nitrogen and oxygen atoms in total. The van der Waals surface area contributed by atoms with Crippen LogP contribution in [0.25, 0.3) is 0 Å². The van der Waals surface area contributed by atoms with E-state index < -0.39 is 5.97 Å². The number of phenols is 1. The van der Waals surface area contributed by atoms with Crippen molar-refractivity contribution in [3.63, 3.8) is 0 Å². The molecule has 0 saturated carbocycles. The van der Waals surface area contributed by atoms with Gasteiger partial charge in [-0.25, -0.2) is 0 Å². The van der Waals surface area contributed by atoms with Crippen molar-refractivity contribution in [2.24, 2.45) is 5.92 Å². The van der Waals surface area contributed by atoms with Crippen LogP contribution in [-0.4, -0.2) is 44.8 Å². The van der Waals surface area contributed by atoms with Gasteiger partial charge in [0.15, 0.2) is 0 Å². The monoisotopic (exact) mass is 429 g/mol. The van der Waals surface area contributed by atoms with Crippen LogP contribution in [0.4, 0.5) is 0 Å². The molecule has 0 aliphatic heterocycles. The summed E-state index contributed by atoms with van der Waals surface area (Å²) in [5.41, 5.74) is 2.92. The Kier molecular flexibility index (Phi) is 11.3. The molecule has 0 fully saturated rings. The maximum atomic E-state index is 10.5. The predicted molar refractivity (Wildman–Crippen MR) is 126 cm³/mol. The summed E-state index contributed by atoms with van der Waals surface area (Å²) in [6.45, 7) is 13.1. The van der Waals surface area contributed by atoms with Gasteiger partial charge in [0.05, 0.1) is 12.5 Å². The van der Waals surface area contributed by atoms with Crippen LogP contribution in [0.1, 0.15) is 70.6 Å². The molecule has 0 aliphatic rings. The molecule has 0 spiro atoms. The molecule has 31 heavy (non-hydrogen) atoms. The number of nitrogens with zero attached hydrogens (tertiary/aromatic N) is 1. The number of carboxylic acid groups (broad SMARTS) is 1. The van der Waals surface area contributed by atoms with Gasteiger partial charge in [0.25, 0.3) is 0 Å². The minimum Gasteiger partial charge on any atom is -0.508 e. The smallest absolute Gasteiger partial charge is 0.305 e. The van der Waals surface area contributed by atoms with Gasteiger partial charge in [-0.2, -0.15) is 0 Å². The summed E-state index contributed by atoms with van der Waals surface area (Å²) >= 11 is 0. The number of aliphatic hydroxyl groups excluding tert-OH is 1. The van der Waals surface area contributed by atoms with E-state index in [9.17, 15) is 15.0 Å². The molecule has 0 radical (unpaired) electrons. The molecule has 1 atom stereocenters. The minimum absolute atomic E-state index is 0.0150. The lowest BCUT2D eigenvalue weighted by Crippen LogP contribution is -2.38. The van der Waals surface area contributed by atoms with Gasteiger partial charge in [-0.1, -0.05) is 50.2 Å². The van der Waals surface area contributed by atoms with Crippen molar-refractivity contribution in [2.75, 3.05) is 6.54 Å². The van der Waals surface area contributed by atoms with Crippen molar-refractivity contribution in [3.05, 3.63) is 65.2 Å². The molecule has 0 saturated heterocycles. The number of carboxylic acids is 1. The second-order valence-corrected chi connectivity index (χ2v) is 8.72. The minimum atomic E-state index is -0.741. The standard InChI is InChI=1S/C22H31NO2.C4H8O2/c1-16(2)23(17(3)4)13-12-20(19-8-6-5-7-9-19)21-14-18(15-24)10-11-22(21)25;1-3(2)4(5)6/h5-11,14,16-17,20,24-25H,12-13,15H2,1-4H3;3H,1-2H3,(H,5,6)/t20-;/m1./s1. The Bertz CT molecular complexity index is 779. The van der Waals surface area contributed by atoms with E-state index in [1.165, 1.54) is 5.56 Å². The third-order valence-corrected chi connectivity index (χ3v) is 5.35. The van der Waals surface area contributed by atoms with E-state index in [1.807, 2.05) is 24.3 Å². The normalized spacial score (nSPS) is 12.2. The van der Waals surface area contributed by atoms with Gasteiger partial charge in [-0.3, -0.25) is 9.69 Å². The second-order valence-electron chi connectivity index (χ2n) is 8.72. The SMILES string of the molecule is CC(C)C(=O)O.CC(C)N(CC[C@H](c1ccccc1)c1cc(CO)ccc1O)C(C)C. The van der Waals surface area contributed by atoms with Crippen LogP contribution in [0.2, 0.25) is 0 Å². The fourth-order valence-corrected chi connectivity index (χ4v) is 3.56. The fourth-order valence-electron chi connectivity index (χ4n) is 3.56. The zero-order chi connectivity index (χ0) is 23.6. The molecule has 0 amide bonds. The van der Waals surface area contributed by atoms with Crippen molar-refractivity contribution in [1.29, 1.82) is 0 Å². The Balaban J connectivity index is 0.000000703. The summed E-state index contributed by atoms with van der Waals surface area (Å²) in [4.78, 5) is 12.2. The first-order chi connectivity index (χ1) is 14.6. The number of rotatable bonds is 9. The second kappa shape index (κ2) is 13.1. The highest BCUT2D eigenvalue weighted by Crippen LogP contribution is 2.35. The Morgan fingerprint density at radius 3 is 1.94 bits per heavy atom. The van der Waals surface area contributed by atoms with Gasteiger partial charge in [0.2, 0.25) is 0 Å². The van der Waals surface area contributed by atoms with Crippen molar-refractivity contribution >= 4 is 5.97 Å². The van der Waals surface area contributed by atoms with Crippen LogP contribution in [0.5, 0.6) is 5.75 Å². The summed E-state index contributed by atoms with van der Waals surface area (Å²) in [7, 11) is 0. The van der Waals surface area contributed by atoms with E-state index >= 15 is 0 Å². The largest absolute Gasteiger partial charge is 0.508 e. The van der Waals surface area contributed by atoms with Crippen LogP contribution in [0.3, 0.4) is 0 Å². The highest BCUT2D eigenvalue weighted by atomic mass is 16.4. The maximum Gasteiger partial charge on any atom is 0.305 e. The Morgan fingerprint density at radius 1 is 0.935 bits per heavy atom. The molecule has 0 unspecified atom stereocenters. The fraction of sp³-hybridized carbons (Fsp3) is 0.500. The van der Waals surface area contributed by atoms with Crippen LogP contribution < -0.4 is 0 Å². The highest BCUT2D eigenvalue weighted by Gasteiger charge is 2.21. The van der Waals surface area contributed by atoms with E-state index in [0.717, 1.165) is 24.1 Å². The number of aromatic hydroxyl groups is 1. The molecule has 0 heterocycles. The lowest BCUT2D eigenvalue weighted by molar-refractivity contribution is -0.140. The van der Waals surface area contributed by atoms with Gasteiger partial charge in [-0.15, -0.1) is 0 Å². The summed E-state index contributed by atoms with van der Waals surface area (Å²) < 4.78 is 0. The zero-order valence-corrected chi connectivity index (χ0v) is 19.7. The van der Waals surface area contributed by atoms with Gasteiger partial charge in [-0.05, 0) is 63.9 Å². The van der Waals surface area contributed by atoms with E-state index in [-0.39, 0.29) is 18.4 Å². The van der Waals surface area contributed by atoms with Crippen molar-refractivity contribution in [2.45, 2.75) is 72.6 Å². The molecule has 0 aliphatic carbocycles. The number of phenolic OH excluding ortho intramolecular Hbond substituents is 1. The molecule has 0 aromatic heterocycles. The summed E-state index contributed by atoms with van der Waals surface area (Å²) in [5, 5.41) is 27.9. The van der Waals surface area contributed by atoms with E-state index in [2.05, 4.69) is 44.7 Å². The number of hydrogen-bond acceptors (Lipinski definition) is 4. The van der Waals surface area contributed by atoms with Crippen LogP contribution >= 0.6 is 0 Å². The number of hydrogen-bond donors (Lipinski definition) is 3. The third-order valence-electron chi connectivity index (χ3n) is 5.35. The molecular formula is C26H39NO4. The molecule has 2 rings (SSSR count). The predicted octanol–water partition coefficient (Wildman–Crippen LogP) is 5.25. The van der Waals surface area contributed by atoms with Gasteiger partial charge < -0.3 is 15.3 Å². The van der Waals surface area contributed by atoms with Crippen molar-refractivity contribution in [1.82, 2.24) is 4.90 Å². The third kappa shape index (κ3) is 8.72. The van der Waals surface area contributed by atoms with E-state index in [0.29, 0.717) is 17.8 Å². The lowest BCUT2D eigenvalue weighted by Gasteiger charge is -2.32. The van der Waals surface area contributed by atoms with Gasteiger partial charge in [0, 0.05) is 23.6 Å². The van der Waals surface area contributed by atoms with Crippen molar-refractivity contribution < 1.29 is 20.1 Å². The quantitative estimate of drug-likeness (QED) is 0.507. The van der Waals surface area contributed by atoms with E-state index in [4.69, 9.17) is 5.11 Å². The first-order valence-electron chi connectivity index (χ1n) is 11.0. The van der Waals surface area contributed by atoms with Crippen LogP contribution in [0.15, 0.2) is 48.5 Å². The maximum absolute atomic E-state index is 10.5. The summed E-state index contributed by atoms with van der Waals surface area (Å²) in [6, 6.07) is 16.7. The zero-order valence-electron chi connectivity index (χ0n) is 19.7. The van der Waals surface area contributed by atoms with Crippen LogP contribution in [-0.2, 0) is 11.4 Å². The number of carbonyl (C=O) groups is 1. The first kappa shape index (κ1) is 26.7. The molecule has 2 aromatic rings. The Morgan fingerprint density at radius 2 is 1.48 bits per heavy atom. The average molecular weight is 430 g/mol. The molecule has 2 aromatic carbocycles. The lowest BCUT2D eigenvalue weighted by atomic mass is 9.86. The average Bonchev–Trinajstić information content (AvgIpc) is 2.72.